The van der Waals surface area contributed by atoms with Gasteiger partial charge in [0.1, 0.15) is 0 Å². The Morgan fingerprint density at radius 2 is 2.18 bits per heavy atom. The SMILES string of the molecule is CCN1CCNC(C)(CC)C1. The van der Waals surface area contributed by atoms with Crippen LogP contribution in [-0.2, 0) is 0 Å². The number of hydrogen-bond acceptors (Lipinski definition) is 2. The highest BCUT2D eigenvalue weighted by molar-refractivity contribution is 4.89. The molecule has 0 spiro atoms. The molecule has 1 unspecified atom stereocenters. The van der Waals surface area contributed by atoms with E-state index < -0.39 is 0 Å². The average Bonchev–Trinajstić information content (AvgIpc) is 2.05. The molecule has 0 aromatic rings. The van der Waals surface area contributed by atoms with Crippen molar-refractivity contribution in [2.45, 2.75) is 32.7 Å². The van der Waals surface area contributed by atoms with Crippen molar-refractivity contribution >= 4 is 0 Å². The fourth-order valence-corrected chi connectivity index (χ4v) is 1.65. The lowest BCUT2D eigenvalue weighted by Gasteiger charge is -2.40. The molecule has 0 bridgehead atoms. The second-order valence-corrected chi connectivity index (χ2v) is 3.71. The third-order valence-corrected chi connectivity index (χ3v) is 2.78. The van der Waals surface area contributed by atoms with Crippen LogP contribution in [0.3, 0.4) is 0 Å². The van der Waals surface area contributed by atoms with E-state index in [1.807, 2.05) is 0 Å². The standard InChI is InChI=1S/C9H20N2/c1-4-9(3)8-11(5-2)7-6-10-9/h10H,4-8H2,1-3H3. The highest BCUT2D eigenvalue weighted by atomic mass is 15.2. The summed E-state index contributed by atoms with van der Waals surface area (Å²) in [6, 6.07) is 0. The minimum absolute atomic E-state index is 0.369. The summed E-state index contributed by atoms with van der Waals surface area (Å²) in [5.74, 6) is 0. The van der Waals surface area contributed by atoms with Gasteiger partial charge in [0.05, 0.1) is 0 Å². The third-order valence-electron chi connectivity index (χ3n) is 2.78. The molecule has 1 N–H and O–H groups in total. The molecular weight excluding hydrogens is 136 g/mol. The van der Waals surface area contributed by atoms with Crippen LogP contribution in [0.2, 0.25) is 0 Å². The fraction of sp³-hybridized carbons (Fsp3) is 1.00. The van der Waals surface area contributed by atoms with Crippen LogP contribution in [0.25, 0.3) is 0 Å². The molecule has 0 saturated carbocycles. The Morgan fingerprint density at radius 3 is 2.73 bits per heavy atom. The number of rotatable bonds is 2. The zero-order chi connectivity index (χ0) is 8.32. The molecule has 1 aliphatic rings. The Hall–Kier alpha value is -0.0800. The first kappa shape index (κ1) is 9.01. The van der Waals surface area contributed by atoms with Crippen LogP contribution in [-0.4, -0.2) is 36.6 Å². The van der Waals surface area contributed by atoms with Crippen molar-refractivity contribution < 1.29 is 0 Å². The number of likely N-dealkylation sites (N-methyl/N-ethyl adjacent to an activating group) is 1. The van der Waals surface area contributed by atoms with Gasteiger partial charge in [0.25, 0.3) is 0 Å². The molecule has 0 amide bonds. The lowest BCUT2D eigenvalue weighted by atomic mass is 9.96. The minimum atomic E-state index is 0.369. The van der Waals surface area contributed by atoms with Gasteiger partial charge < -0.3 is 10.2 Å². The van der Waals surface area contributed by atoms with E-state index in [2.05, 4.69) is 31.0 Å². The normalized spacial score (nSPS) is 34.1. The molecule has 1 heterocycles. The van der Waals surface area contributed by atoms with Crippen LogP contribution in [0.1, 0.15) is 27.2 Å². The molecule has 0 aromatic carbocycles. The Kier molecular flexibility index (Phi) is 2.90. The summed E-state index contributed by atoms with van der Waals surface area (Å²) in [5, 5.41) is 3.57. The number of nitrogens with zero attached hydrogens (tertiary/aromatic N) is 1. The number of nitrogens with one attached hydrogen (secondary N) is 1. The molecule has 1 fully saturated rings. The molecule has 11 heavy (non-hydrogen) atoms. The van der Waals surface area contributed by atoms with Crippen molar-refractivity contribution in [2.75, 3.05) is 26.2 Å². The minimum Gasteiger partial charge on any atom is -0.309 e. The summed E-state index contributed by atoms with van der Waals surface area (Å²) in [7, 11) is 0. The second-order valence-electron chi connectivity index (χ2n) is 3.71. The van der Waals surface area contributed by atoms with Gasteiger partial charge in [-0.05, 0) is 19.9 Å². The maximum absolute atomic E-state index is 3.57. The smallest absolute Gasteiger partial charge is 0.0278 e. The summed E-state index contributed by atoms with van der Waals surface area (Å²) in [4.78, 5) is 2.51. The zero-order valence-electron chi connectivity index (χ0n) is 7.98. The lowest BCUT2D eigenvalue weighted by Crippen LogP contribution is -2.58. The summed E-state index contributed by atoms with van der Waals surface area (Å²) >= 11 is 0. The largest absolute Gasteiger partial charge is 0.309 e. The van der Waals surface area contributed by atoms with Crippen LogP contribution in [0.15, 0.2) is 0 Å². The van der Waals surface area contributed by atoms with Crippen molar-refractivity contribution in [1.82, 2.24) is 10.2 Å². The Morgan fingerprint density at radius 1 is 1.45 bits per heavy atom. The monoisotopic (exact) mass is 156 g/mol. The van der Waals surface area contributed by atoms with Gasteiger partial charge in [-0.3, -0.25) is 0 Å². The van der Waals surface area contributed by atoms with Crippen molar-refractivity contribution in [3.63, 3.8) is 0 Å². The van der Waals surface area contributed by atoms with Crippen LogP contribution in [0, 0.1) is 0 Å². The Bertz CT molecular complexity index is 125. The first-order valence-corrected chi connectivity index (χ1v) is 4.67. The van der Waals surface area contributed by atoms with Gasteiger partial charge in [-0.1, -0.05) is 13.8 Å². The van der Waals surface area contributed by atoms with E-state index in [1.54, 1.807) is 0 Å². The van der Waals surface area contributed by atoms with Crippen molar-refractivity contribution in [2.24, 2.45) is 0 Å². The lowest BCUT2D eigenvalue weighted by molar-refractivity contribution is 0.146. The van der Waals surface area contributed by atoms with Gasteiger partial charge in [-0.15, -0.1) is 0 Å². The van der Waals surface area contributed by atoms with E-state index >= 15 is 0 Å². The van der Waals surface area contributed by atoms with Crippen LogP contribution < -0.4 is 5.32 Å². The van der Waals surface area contributed by atoms with Crippen LogP contribution in [0.4, 0.5) is 0 Å². The van der Waals surface area contributed by atoms with E-state index in [0.29, 0.717) is 5.54 Å². The van der Waals surface area contributed by atoms with Gasteiger partial charge in [0.15, 0.2) is 0 Å². The second kappa shape index (κ2) is 3.55. The highest BCUT2D eigenvalue weighted by Crippen LogP contribution is 2.14. The molecule has 2 heteroatoms. The molecule has 1 saturated heterocycles. The molecule has 0 aliphatic carbocycles. The molecule has 1 rings (SSSR count). The zero-order valence-corrected chi connectivity index (χ0v) is 7.98. The fourth-order valence-electron chi connectivity index (χ4n) is 1.65. The summed E-state index contributed by atoms with van der Waals surface area (Å²) in [6.45, 7) is 11.6. The molecule has 0 aromatic heterocycles. The van der Waals surface area contributed by atoms with Gasteiger partial charge in [-0.2, -0.15) is 0 Å². The van der Waals surface area contributed by atoms with Crippen LogP contribution in [0.5, 0.6) is 0 Å². The topological polar surface area (TPSA) is 15.3 Å². The van der Waals surface area contributed by atoms with Gasteiger partial charge >= 0.3 is 0 Å². The van der Waals surface area contributed by atoms with E-state index in [0.717, 1.165) is 6.54 Å². The highest BCUT2D eigenvalue weighted by Gasteiger charge is 2.27. The molecule has 1 aliphatic heterocycles. The molecule has 2 nitrogen and oxygen atoms in total. The number of piperazine rings is 1. The van der Waals surface area contributed by atoms with Crippen molar-refractivity contribution in [3.05, 3.63) is 0 Å². The van der Waals surface area contributed by atoms with Gasteiger partial charge in [-0.25, -0.2) is 0 Å². The van der Waals surface area contributed by atoms with Crippen LogP contribution >= 0.6 is 0 Å². The maximum atomic E-state index is 3.57. The van der Waals surface area contributed by atoms with Crippen molar-refractivity contribution in [1.29, 1.82) is 0 Å². The quantitative estimate of drug-likeness (QED) is 0.643. The maximum Gasteiger partial charge on any atom is 0.0278 e. The van der Waals surface area contributed by atoms with E-state index in [4.69, 9.17) is 0 Å². The molecule has 66 valence electrons. The first-order chi connectivity index (χ1) is 5.20. The van der Waals surface area contributed by atoms with E-state index in [9.17, 15) is 0 Å². The predicted octanol–water partition coefficient (Wildman–Crippen LogP) is 1.08. The molecular formula is C9H20N2. The van der Waals surface area contributed by atoms with Crippen molar-refractivity contribution in [3.8, 4) is 0 Å². The predicted molar refractivity (Wildman–Crippen MR) is 48.8 cm³/mol. The number of hydrogen-bond donors (Lipinski definition) is 1. The first-order valence-electron chi connectivity index (χ1n) is 4.67. The Balaban J connectivity index is 2.44. The molecule has 0 radical (unpaired) electrons. The Labute approximate surface area is 70.0 Å². The van der Waals surface area contributed by atoms with E-state index in [1.165, 1.54) is 26.1 Å². The molecule has 1 atom stereocenters. The van der Waals surface area contributed by atoms with E-state index in [-0.39, 0.29) is 0 Å². The van der Waals surface area contributed by atoms with Gasteiger partial charge in [0.2, 0.25) is 0 Å². The van der Waals surface area contributed by atoms with Gasteiger partial charge in [0, 0.05) is 25.2 Å². The average molecular weight is 156 g/mol. The third kappa shape index (κ3) is 2.17. The summed E-state index contributed by atoms with van der Waals surface area (Å²) < 4.78 is 0. The summed E-state index contributed by atoms with van der Waals surface area (Å²) in [5.41, 5.74) is 0.369. The summed E-state index contributed by atoms with van der Waals surface area (Å²) in [6.07, 6.45) is 1.23.